The highest BCUT2D eigenvalue weighted by molar-refractivity contribution is 5.68. The van der Waals surface area contributed by atoms with Gasteiger partial charge in [0.15, 0.2) is 0 Å². The van der Waals surface area contributed by atoms with E-state index in [1.165, 1.54) is 16.8 Å². The first-order chi connectivity index (χ1) is 9.31. The molecule has 0 atom stereocenters. The predicted octanol–water partition coefficient (Wildman–Crippen LogP) is 2.18. The number of aryl methyl sites for hydroxylation is 1. The molecule has 0 fully saturated rings. The van der Waals surface area contributed by atoms with Crippen molar-refractivity contribution in [1.82, 2.24) is 9.55 Å². The first kappa shape index (κ1) is 12.2. The fraction of sp³-hybridized carbons (Fsp3) is 0.400. The summed E-state index contributed by atoms with van der Waals surface area (Å²) in [4.78, 5) is 4.80. The summed E-state index contributed by atoms with van der Waals surface area (Å²) in [7, 11) is 0. The number of nitrogens with two attached hydrogens (primary N) is 1. The van der Waals surface area contributed by atoms with Crippen LogP contribution in [0.15, 0.2) is 24.3 Å². The van der Waals surface area contributed by atoms with Crippen LogP contribution in [0.5, 0.6) is 0 Å². The molecule has 1 aliphatic heterocycles. The molecule has 1 aromatic heterocycles. The Morgan fingerprint density at radius 3 is 3.00 bits per heavy atom. The van der Waals surface area contributed by atoms with Crippen molar-refractivity contribution in [3.8, 4) is 11.3 Å². The number of rotatable bonds is 3. The Hall–Kier alpha value is -1.81. The fourth-order valence-corrected chi connectivity index (χ4v) is 2.74. The SMILES string of the molecule is Cc1ccccc1-c1nc2n(c1CCN)CCCN2. The normalized spacial score (nSPS) is 14.0. The van der Waals surface area contributed by atoms with E-state index in [1.54, 1.807) is 0 Å². The lowest BCUT2D eigenvalue weighted by Crippen LogP contribution is -2.19. The average molecular weight is 256 g/mol. The molecule has 3 N–H and O–H groups in total. The maximum Gasteiger partial charge on any atom is 0.203 e. The zero-order chi connectivity index (χ0) is 13.2. The van der Waals surface area contributed by atoms with E-state index < -0.39 is 0 Å². The molecule has 2 heterocycles. The Morgan fingerprint density at radius 2 is 2.21 bits per heavy atom. The summed E-state index contributed by atoms with van der Waals surface area (Å²) < 4.78 is 2.29. The van der Waals surface area contributed by atoms with Gasteiger partial charge in [-0.2, -0.15) is 0 Å². The summed E-state index contributed by atoms with van der Waals surface area (Å²) in [6.07, 6.45) is 2.02. The number of hydrogen-bond donors (Lipinski definition) is 2. The fourth-order valence-electron chi connectivity index (χ4n) is 2.74. The molecule has 0 bridgehead atoms. The minimum Gasteiger partial charge on any atom is -0.356 e. The van der Waals surface area contributed by atoms with Gasteiger partial charge in [-0.1, -0.05) is 24.3 Å². The second-order valence-corrected chi connectivity index (χ2v) is 5.02. The highest BCUT2D eigenvalue weighted by atomic mass is 15.2. The van der Waals surface area contributed by atoms with Crippen LogP contribution >= 0.6 is 0 Å². The van der Waals surface area contributed by atoms with Gasteiger partial charge in [0.1, 0.15) is 0 Å². The van der Waals surface area contributed by atoms with Crippen molar-refractivity contribution in [1.29, 1.82) is 0 Å². The highest BCUT2D eigenvalue weighted by Gasteiger charge is 2.20. The molecule has 1 aromatic carbocycles. The van der Waals surface area contributed by atoms with Gasteiger partial charge in [0.05, 0.1) is 5.69 Å². The molecule has 0 unspecified atom stereocenters. The van der Waals surface area contributed by atoms with Crippen molar-refractivity contribution >= 4 is 5.95 Å². The molecule has 3 rings (SSSR count). The number of nitrogens with one attached hydrogen (secondary N) is 1. The largest absolute Gasteiger partial charge is 0.356 e. The Bertz CT molecular complexity index is 586. The van der Waals surface area contributed by atoms with E-state index in [-0.39, 0.29) is 0 Å². The molecule has 0 saturated heterocycles. The van der Waals surface area contributed by atoms with Crippen LogP contribution in [0.3, 0.4) is 0 Å². The van der Waals surface area contributed by atoms with Gasteiger partial charge in [0.25, 0.3) is 0 Å². The molecule has 4 heteroatoms. The van der Waals surface area contributed by atoms with Crippen molar-refractivity contribution in [2.75, 3.05) is 18.4 Å². The molecule has 0 aliphatic carbocycles. The van der Waals surface area contributed by atoms with Gasteiger partial charge in [-0.05, 0) is 25.5 Å². The van der Waals surface area contributed by atoms with Gasteiger partial charge >= 0.3 is 0 Å². The number of benzene rings is 1. The number of hydrogen-bond acceptors (Lipinski definition) is 3. The second-order valence-electron chi connectivity index (χ2n) is 5.02. The lowest BCUT2D eigenvalue weighted by atomic mass is 10.0. The summed E-state index contributed by atoms with van der Waals surface area (Å²) in [5, 5.41) is 3.38. The first-order valence-corrected chi connectivity index (χ1v) is 6.90. The monoisotopic (exact) mass is 256 g/mol. The van der Waals surface area contributed by atoms with Crippen LogP contribution in [0, 0.1) is 6.92 Å². The Balaban J connectivity index is 2.15. The summed E-state index contributed by atoms with van der Waals surface area (Å²) in [6, 6.07) is 8.41. The van der Waals surface area contributed by atoms with E-state index >= 15 is 0 Å². The third-order valence-electron chi connectivity index (χ3n) is 3.70. The van der Waals surface area contributed by atoms with Crippen LogP contribution in [0.2, 0.25) is 0 Å². The number of nitrogens with zero attached hydrogens (tertiary/aromatic N) is 2. The lowest BCUT2D eigenvalue weighted by molar-refractivity contribution is 0.603. The number of aromatic nitrogens is 2. The molecule has 0 amide bonds. The van der Waals surface area contributed by atoms with Gasteiger partial charge in [-0.25, -0.2) is 4.98 Å². The van der Waals surface area contributed by atoms with Crippen LogP contribution in [0.1, 0.15) is 17.7 Å². The molecule has 0 spiro atoms. The maximum absolute atomic E-state index is 5.78. The molecule has 4 nitrogen and oxygen atoms in total. The zero-order valence-electron chi connectivity index (χ0n) is 11.3. The van der Waals surface area contributed by atoms with E-state index in [9.17, 15) is 0 Å². The molecule has 0 radical (unpaired) electrons. The number of anilines is 1. The third-order valence-corrected chi connectivity index (χ3v) is 3.70. The molecular weight excluding hydrogens is 236 g/mol. The molecule has 2 aromatic rings. The van der Waals surface area contributed by atoms with Gasteiger partial charge in [0.2, 0.25) is 5.95 Å². The molecular formula is C15H20N4. The standard InChI is InChI=1S/C15H20N4/c1-11-5-2-3-6-12(11)14-13(7-8-16)19-10-4-9-17-15(19)18-14/h2-3,5-6H,4,7-10,16H2,1H3,(H,17,18). The topological polar surface area (TPSA) is 55.9 Å². The quantitative estimate of drug-likeness (QED) is 0.885. The summed E-state index contributed by atoms with van der Waals surface area (Å²) in [6.45, 7) is 4.83. The summed E-state index contributed by atoms with van der Waals surface area (Å²) in [5.74, 6) is 0.993. The zero-order valence-corrected chi connectivity index (χ0v) is 11.3. The third kappa shape index (κ3) is 2.12. The van der Waals surface area contributed by atoms with E-state index in [0.29, 0.717) is 6.54 Å². The molecule has 100 valence electrons. The van der Waals surface area contributed by atoms with Gasteiger partial charge < -0.3 is 15.6 Å². The van der Waals surface area contributed by atoms with Crippen molar-refractivity contribution in [2.45, 2.75) is 26.3 Å². The van der Waals surface area contributed by atoms with E-state index in [2.05, 4.69) is 41.1 Å². The Labute approximate surface area is 113 Å². The van der Waals surface area contributed by atoms with Crippen LogP contribution in [0.4, 0.5) is 5.95 Å². The van der Waals surface area contributed by atoms with Crippen molar-refractivity contribution in [2.24, 2.45) is 5.73 Å². The summed E-state index contributed by atoms with van der Waals surface area (Å²) in [5.41, 5.74) is 10.6. The maximum atomic E-state index is 5.78. The van der Waals surface area contributed by atoms with Crippen LogP contribution in [-0.4, -0.2) is 22.6 Å². The van der Waals surface area contributed by atoms with E-state index in [1.807, 2.05) is 0 Å². The molecule has 19 heavy (non-hydrogen) atoms. The first-order valence-electron chi connectivity index (χ1n) is 6.90. The molecule has 0 saturated carbocycles. The smallest absolute Gasteiger partial charge is 0.203 e. The van der Waals surface area contributed by atoms with E-state index in [4.69, 9.17) is 10.7 Å². The second kappa shape index (κ2) is 5.05. The molecule has 1 aliphatic rings. The van der Waals surface area contributed by atoms with Crippen LogP contribution in [-0.2, 0) is 13.0 Å². The Morgan fingerprint density at radius 1 is 1.37 bits per heavy atom. The van der Waals surface area contributed by atoms with E-state index in [0.717, 1.165) is 37.6 Å². The van der Waals surface area contributed by atoms with Gasteiger partial charge in [-0.3, -0.25) is 0 Å². The van der Waals surface area contributed by atoms with Gasteiger partial charge in [0, 0.05) is 30.8 Å². The highest BCUT2D eigenvalue weighted by Crippen LogP contribution is 2.30. The van der Waals surface area contributed by atoms with Crippen molar-refractivity contribution in [3.05, 3.63) is 35.5 Å². The average Bonchev–Trinajstić information content (AvgIpc) is 2.79. The van der Waals surface area contributed by atoms with Crippen molar-refractivity contribution < 1.29 is 0 Å². The van der Waals surface area contributed by atoms with Gasteiger partial charge in [-0.15, -0.1) is 0 Å². The minimum absolute atomic E-state index is 0.657. The predicted molar refractivity (Wildman–Crippen MR) is 78.3 cm³/mol. The lowest BCUT2D eigenvalue weighted by Gasteiger charge is -2.17. The van der Waals surface area contributed by atoms with Crippen molar-refractivity contribution in [3.63, 3.8) is 0 Å². The Kier molecular flexibility index (Phi) is 3.25. The number of imidazole rings is 1. The van der Waals surface area contributed by atoms with Crippen LogP contribution in [0.25, 0.3) is 11.3 Å². The summed E-state index contributed by atoms with van der Waals surface area (Å²) >= 11 is 0. The van der Waals surface area contributed by atoms with Crippen LogP contribution < -0.4 is 11.1 Å². The number of fused-ring (bicyclic) bond motifs is 1. The minimum atomic E-state index is 0.657.